The normalized spacial score (nSPS) is 14.2. The van der Waals surface area contributed by atoms with E-state index in [1.807, 2.05) is 24.3 Å². The van der Waals surface area contributed by atoms with Gasteiger partial charge in [-0.3, -0.25) is 43.2 Å². The summed E-state index contributed by atoms with van der Waals surface area (Å²) in [5.74, 6) is -11.2. The zero-order valence-electron chi connectivity index (χ0n) is 46.8. The van der Waals surface area contributed by atoms with Crippen molar-refractivity contribution in [3.05, 3.63) is 167 Å². The van der Waals surface area contributed by atoms with Crippen LogP contribution in [0.4, 0.5) is 0 Å². The topological polar surface area (TPSA) is 409 Å². The number of hydrogen-bond donors (Lipinski definition) is 14. The van der Waals surface area contributed by atoms with E-state index in [1.54, 1.807) is 80.7 Å². The summed E-state index contributed by atoms with van der Waals surface area (Å²) in [4.78, 5) is 141. The van der Waals surface area contributed by atoms with Crippen molar-refractivity contribution >= 4 is 70.0 Å². The number of aromatic hydroxyl groups is 2. The third kappa shape index (κ3) is 19.5. The number of aromatic nitrogens is 1. The van der Waals surface area contributed by atoms with Crippen molar-refractivity contribution in [1.29, 1.82) is 0 Å². The molecule has 6 rings (SSSR count). The van der Waals surface area contributed by atoms with Crippen LogP contribution in [0.25, 0.3) is 10.9 Å². The molecule has 6 aromatic rings. The van der Waals surface area contributed by atoms with E-state index in [0.29, 0.717) is 28.7 Å². The number of aliphatic carboxylic acids is 1. The predicted molar refractivity (Wildman–Crippen MR) is 312 cm³/mol. The Morgan fingerprint density at radius 3 is 1.18 bits per heavy atom. The lowest BCUT2D eigenvalue weighted by Crippen LogP contribution is -2.61. The maximum absolute atomic E-state index is 14.7. The van der Waals surface area contributed by atoms with Crippen LogP contribution >= 0.6 is 0 Å². The Morgan fingerprint density at radius 2 is 0.788 bits per heavy atom. The highest BCUT2D eigenvalue weighted by Gasteiger charge is 2.36. The molecule has 24 heteroatoms. The number of nitrogens with one attached hydrogen (secondary N) is 8. The summed E-state index contributed by atoms with van der Waals surface area (Å²) in [6.07, 6.45) is -0.344. The van der Waals surface area contributed by atoms with Crippen molar-refractivity contribution in [3.8, 4) is 11.5 Å². The third-order valence-electron chi connectivity index (χ3n) is 14.2. The number of carbonyl (C=O) groups is 10. The van der Waals surface area contributed by atoms with Crippen LogP contribution in [0.15, 0.2) is 140 Å². The van der Waals surface area contributed by atoms with Gasteiger partial charge in [-0.25, -0.2) is 4.79 Å². The highest BCUT2D eigenvalue weighted by atomic mass is 16.4. The Labute approximate surface area is 489 Å². The summed E-state index contributed by atoms with van der Waals surface area (Å²) in [6, 6.07) is 23.5. The number of rotatable bonds is 31. The Kier molecular flexibility index (Phi) is 23.2. The molecule has 448 valence electrons. The molecule has 0 bridgehead atoms. The molecule has 0 spiro atoms. The van der Waals surface area contributed by atoms with E-state index in [2.05, 4.69) is 42.2 Å². The second-order valence-electron chi connectivity index (χ2n) is 20.7. The van der Waals surface area contributed by atoms with Crippen molar-refractivity contribution in [2.45, 2.75) is 114 Å². The second kappa shape index (κ2) is 30.8. The molecule has 1 heterocycles. The summed E-state index contributed by atoms with van der Waals surface area (Å²) in [6.45, 7) is 3.27. The minimum atomic E-state index is -1.83. The summed E-state index contributed by atoms with van der Waals surface area (Å²) >= 11 is 0. The average Bonchev–Trinajstić information content (AvgIpc) is 3.31. The lowest BCUT2D eigenvalue weighted by Gasteiger charge is -2.28. The van der Waals surface area contributed by atoms with E-state index in [0.717, 1.165) is 16.5 Å². The number of carboxylic acids is 1. The number of carboxylic acid groups (broad SMARTS) is 1. The molecule has 0 fully saturated rings. The van der Waals surface area contributed by atoms with Crippen molar-refractivity contribution in [2.24, 2.45) is 23.1 Å². The molecule has 0 saturated carbocycles. The maximum atomic E-state index is 14.7. The van der Waals surface area contributed by atoms with Crippen LogP contribution in [0.2, 0.25) is 0 Å². The highest BCUT2D eigenvalue weighted by molar-refractivity contribution is 6.00. The molecule has 0 radical (unpaired) electrons. The molecule has 85 heavy (non-hydrogen) atoms. The summed E-state index contributed by atoms with van der Waals surface area (Å²) in [7, 11) is 0. The zero-order chi connectivity index (χ0) is 61.7. The van der Waals surface area contributed by atoms with E-state index in [4.69, 9.17) is 17.2 Å². The van der Waals surface area contributed by atoms with Crippen molar-refractivity contribution in [3.63, 3.8) is 0 Å². The van der Waals surface area contributed by atoms with Crippen molar-refractivity contribution in [2.75, 3.05) is 0 Å². The number of carbonyl (C=O) groups excluding carboxylic acids is 9. The fraction of sp³-hybridized carbons (Fsp3) is 0.311. The fourth-order valence-corrected chi connectivity index (χ4v) is 9.30. The first-order valence-corrected chi connectivity index (χ1v) is 27.4. The van der Waals surface area contributed by atoms with Crippen LogP contribution in [-0.4, -0.2) is 128 Å². The molecule has 9 atom stereocenters. The van der Waals surface area contributed by atoms with Crippen LogP contribution in [-0.2, 0) is 80.0 Å². The number of amides is 9. The number of phenols is 2. The molecule has 0 aliphatic carbocycles. The van der Waals surface area contributed by atoms with Gasteiger partial charge in [-0.05, 0) is 70.5 Å². The Hall–Kier alpha value is -10.1. The van der Waals surface area contributed by atoms with Gasteiger partial charge in [0.1, 0.15) is 53.8 Å². The van der Waals surface area contributed by atoms with Crippen molar-refractivity contribution in [1.82, 2.24) is 42.2 Å². The van der Waals surface area contributed by atoms with Crippen LogP contribution in [0, 0.1) is 5.92 Å². The predicted octanol–water partition coefficient (Wildman–Crippen LogP) is 0.695. The molecule has 9 amide bonds. The Balaban J connectivity index is 1.27. The first-order chi connectivity index (χ1) is 40.6. The molecule has 17 N–H and O–H groups in total. The van der Waals surface area contributed by atoms with Crippen LogP contribution < -0.4 is 54.4 Å². The van der Waals surface area contributed by atoms with Gasteiger partial charge < -0.3 is 74.7 Å². The number of H-pyrrole nitrogens is 1. The van der Waals surface area contributed by atoms with Crippen LogP contribution in [0.3, 0.4) is 0 Å². The Bertz CT molecular complexity index is 3310. The van der Waals surface area contributed by atoms with Gasteiger partial charge in [0.15, 0.2) is 0 Å². The zero-order valence-corrected chi connectivity index (χ0v) is 46.8. The molecule has 5 aromatic carbocycles. The molecule has 1 aromatic heterocycles. The quantitative estimate of drug-likeness (QED) is 0.0285. The smallest absolute Gasteiger partial charge is 0.326 e. The number of fused-ring (bicyclic) bond motifs is 1. The van der Waals surface area contributed by atoms with E-state index in [9.17, 15) is 63.3 Å². The van der Waals surface area contributed by atoms with E-state index < -0.39 is 126 Å². The van der Waals surface area contributed by atoms with Gasteiger partial charge >= 0.3 is 5.97 Å². The van der Waals surface area contributed by atoms with E-state index in [-0.39, 0.29) is 43.6 Å². The van der Waals surface area contributed by atoms with Gasteiger partial charge in [-0.2, -0.15) is 0 Å². The SMILES string of the molecule is CCC(C)C(NC(=O)C(CC(N)=O)NC(=O)C(Cc1ccc(O)cc1)NC(=O)C(Cc1ccc(O)cc1)NC(=O)C(CC(N)=O)NC(=O)C(Cc1ccccc1)NC(=O)C(Cc1ccccc1)NC(=O)C(N)Cc1c[nH]c2ccccc12)C(=O)O. The second-order valence-corrected chi connectivity index (χ2v) is 20.7. The standard InChI is InChI=1S/C61H71N11O13/c1-3-34(2)53(61(84)85)72-60(83)50(32-52(64)76)71-58(81)48(29-38-20-24-41(74)25-21-38)68-56(79)47(28-37-18-22-40(73)23-19-37)69-59(82)49(31-51(63)75)70-57(80)46(27-36-14-8-5-9-15-36)67-55(78)45(26-35-12-6-4-7-13-35)66-54(77)43(62)30-39-33-65-44-17-11-10-16-42(39)44/h4-25,33-34,43,45-50,53,65,73-74H,3,26-32,62H2,1-2H3,(H2,63,75)(H2,64,76)(H,66,77)(H,67,78)(H,68,79)(H,69,82)(H,70,80)(H,71,81)(H,72,83)(H,84,85). The lowest BCUT2D eigenvalue weighted by atomic mass is 9.98. The molecular weight excluding hydrogens is 1090 g/mol. The molecule has 9 unspecified atom stereocenters. The molecule has 24 nitrogen and oxygen atoms in total. The summed E-state index contributed by atoms with van der Waals surface area (Å²) < 4.78 is 0. The number of hydrogen-bond acceptors (Lipinski definition) is 13. The fourth-order valence-electron chi connectivity index (χ4n) is 9.30. The number of primary amides is 2. The third-order valence-corrected chi connectivity index (χ3v) is 14.2. The van der Waals surface area contributed by atoms with Gasteiger partial charge in [-0.1, -0.05) is 123 Å². The molecular formula is C61H71N11O13. The maximum Gasteiger partial charge on any atom is 0.326 e. The van der Waals surface area contributed by atoms with Gasteiger partial charge in [0, 0.05) is 42.8 Å². The Morgan fingerprint density at radius 1 is 0.447 bits per heavy atom. The van der Waals surface area contributed by atoms with Gasteiger partial charge in [0.2, 0.25) is 53.2 Å². The van der Waals surface area contributed by atoms with Crippen LogP contribution in [0.1, 0.15) is 60.9 Å². The van der Waals surface area contributed by atoms with E-state index in [1.165, 1.54) is 48.5 Å². The number of phenolic OH excluding ortho intramolecular Hbond substituents is 2. The molecule has 0 saturated heterocycles. The lowest BCUT2D eigenvalue weighted by molar-refractivity contribution is -0.144. The van der Waals surface area contributed by atoms with Crippen LogP contribution in [0.5, 0.6) is 11.5 Å². The first-order valence-electron chi connectivity index (χ1n) is 27.4. The largest absolute Gasteiger partial charge is 0.508 e. The van der Waals surface area contributed by atoms with Gasteiger partial charge in [0.25, 0.3) is 0 Å². The molecule has 0 aliphatic heterocycles. The first kappa shape index (κ1) is 64.1. The highest BCUT2D eigenvalue weighted by Crippen LogP contribution is 2.20. The minimum absolute atomic E-state index is 0.0402. The summed E-state index contributed by atoms with van der Waals surface area (Å²) in [5.41, 5.74) is 21.1. The van der Waals surface area contributed by atoms with E-state index >= 15 is 0 Å². The molecule has 0 aliphatic rings. The van der Waals surface area contributed by atoms with Crippen molar-refractivity contribution < 1.29 is 63.3 Å². The number of para-hydroxylation sites is 1. The van der Waals surface area contributed by atoms with Gasteiger partial charge in [-0.15, -0.1) is 0 Å². The average molecular weight is 1170 g/mol. The minimum Gasteiger partial charge on any atom is -0.508 e. The summed E-state index contributed by atoms with van der Waals surface area (Å²) in [5, 5.41) is 48.7. The van der Waals surface area contributed by atoms with Gasteiger partial charge in [0.05, 0.1) is 18.9 Å². The number of nitrogens with two attached hydrogens (primary N) is 3. The number of benzene rings is 5. The monoisotopic (exact) mass is 1170 g/mol. The number of aromatic amines is 1.